The summed E-state index contributed by atoms with van der Waals surface area (Å²) < 4.78 is 5.13. The third kappa shape index (κ3) is 1.33. The molecule has 0 saturated heterocycles. The van der Waals surface area contributed by atoms with Crippen LogP contribution in [0.1, 0.15) is 19.4 Å². The molecule has 0 aliphatic carbocycles. The van der Waals surface area contributed by atoms with E-state index in [4.69, 9.17) is 4.74 Å². The number of rotatable bonds is 1. The molecule has 1 aliphatic heterocycles. The molecule has 0 N–H and O–H groups in total. The summed E-state index contributed by atoms with van der Waals surface area (Å²) in [5.41, 5.74) is 2.81. The summed E-state index contributed by atoms with van der Waals surface area (Å²) >= 11 is 0. The highest BCUT2D eigenvalue weighted by atomic mass is 16.5. The Morgan fingerprint density at radius 3 is 2.36 bits per heavy atom. The number of esters is 1. The van der Waals surface area contributed by atoms with Gasteiger partial charge in [-0.05, 0) is 19.4 Å². The van der Waals surface area contributed by atoms with Crippen LogP contribution in [0.25, 0.3) is 5.57 Å². The van der Waals surface area contributed by atoms with Gasteiger partial charge in [-0.3, -0.25) is 0 Å². The van der Waals surface area contributed by atoms with E-state index in [0.717, 1.165) is 16.7 Å². The van der Waals surface area contributed by atoms with E-state index in [0.29, 0.717) is 0 Å². The third-order valence-electron chi connectivity index (χ3n) is 2.49. The quantitative estimate of drug-likeness (QED) is 0.632. The molecule has 0 radical (unpaired) electrons. The summed E-state index contributed by atoms with van der Waals surface area (Å²) in [6.45, 7) is 3.71. The lowest BCUT2D eigenvalue weighted by Crippen LogP contribution is -2.05. The van der Waals surface area contributed by atoms with Crippen LogP contribution in [0.5, 0.6) is 0 Å². The van der Waals surface area contributed by atoms with Gasteiger partial charge in [-0.25, -0.2) is 4.79 Å². The zero-order valence-corrected chi connectivity index (χ0v) is 8.28. The fourth-order valence-electron chi connectivity index (χ4n) is 1.79. The second-order valence-electron chi connectivity index (χ2n) is 3.45. The lowest BCUT2D eigenvalue weighted by molar-refractivity contribution is -0.138. The van der Waals surface area contributed by atoms with Crippen LogP contribution in [-0.4, -0.2) is 12.1 Å². The summed E-state index contributed by atoms with van der Waals surface area (Å²) in [4.78, 5) is 11.3. The van der Waals surface area contributed by atoms with Gasteiger partial charge in [0.25, 0.3) is 0 Å². The summed E-state index contributed by atoms with van der Waals surface area (Å²) in [6, 6.07) is 9.88. The molecule has 1 aliphatic rings. The number of benzene rings is 1. The summed E-state index contributed by atoms with van der Waals surface area (Å²) in [5, 5.41) is 0. The maximum Gasteiger partial charge on any atom is 0.334 e. The first-order valence-electron chi connectivity index (χ1n) is 4.67. The van der Waals surface area contributed by atoms with Crippen LogP contribution in [0, 0.1) is 0 Å². The van der Waals surface area contributed by atoms with E-state index in [1.165, 1.54) is 0 Å². The molecule has 2 nitrogen and oxygen atoms in total. The molecule has 2 heteroatoms. The largest absolute Gasteiger partial charge is 0.454 e. The molecule has 0 fully saturated rings. The van der Waals surface area contributed by atoms with Crippen LogP contribution in [-0.2, 0) is 9.53 Å². The number of hydrogen-bond acceptors (Lipinski definition) is 2. The first-order valence-corrected chi connectivity index (χ1v) is 4.67. The Morgan fingerprint density at radius 2 is 1.86 bits per heavy atom. The van der Waals surface area contributed by atoms with Crippen LogP contribution >= 0.6 is 0 Å². The van der Waals surface area contributed by atoms with Gasteiger partial charge < -0.3 is 4.74 Å². The van der Waals surface area contributed by atoms with E-state index in [-0.39, 0.29) is 12.1 Å². The predicted molar refractivity (Wildman–Crippen MR) is 54.6 cm³/mol. The fourth-order valence-corrected chi connectivity index (χ4v) is 1.79. The fraction of sp³-hybridized carbons (Fsp3) is 0.250. The van der Waals surface area contributed by atoms with Gasteiger partial charge >= 0.3 is 5.97 Å². The molecule has 0 spiro atoms. The second kappa shape index (κ2) is 3.29. The Hall–Kier alpha value is -1.57. The topological polar surface area (TPSA) is 26.3 Å². The van der Waals surface area contributed by atoms with Crippen molar-refractivity contribution < 1.29 is 9.53 Å². The van der Waals surface area contributed by atoms with E-state index in [1.807, 2.05) is 44.2 Å². The van der Waals surface area contributed by atoms with Crippen LogP contribution < -0.4 is 0 Å². The number of carbonyl (C=O) groups is 1. The molecule has 0 bridgehead atoms. The normalized spacial score (nSPS) is 21.3. The zero-order valence-electron chi connectivity index (χ0n) is 8.28. The van der Waals surface area contributed by atoms with Crippen LogP contribution in [0.15, 0.2) is 35.9 Å². The van der Waals surface area contributed by atoms with Gasteiger partial charge in [-0.2, -0.15) is 0 Å². The molecule has 0 amide bonds. The van der Waals surface area contributed by atoms with Gasteiger partial charge in [-0.15, -0.1) is 0 Å². The van der Waals surface area contributed by atoms with E-state index in [2.05, 4.69) is 0 Å². The smallest absolute Gasteiger partial charge is 0.334 e. The lowest BCUT2D eigenvalue weighted by atomic mass is 9.99. The lowest BCUT2D eigenvalue weighted by Gasteiger charge is -2.08. The highest BCUT2D eigenvalue weighted by Crippen LogP contribution is 2.30. The Kier molecular flexibility index (Phi) is 2.12. The molecule has 0 aromatic heterocycles. The van der Waals surface area contributed by atoms with Gasteiger partial charge in [-0.1, -0.05) is 30.3 Å². The Bertz CT molecular complexity index is 390. The van der Waals surface area contributed by atoms with Gasteiger partial charge in [0.05, 0.1) is 0 Å². The molecule has 14 heavy (non-hydrogen) atoms. The molecule has 72 valence electrons. The third-order valence-corrected chi connectivity index (χ3v) is 2.49. The molecule has 1 unspecified atom stereocenters. The van der Waals surface area contributed by atoms with Crippen LogP contribution in [0.3, 0.4) is 0 Å². The van der Waals surface area contributed by atoms with Crippen LogP contribution in [0.2, 0.25) is 0 Å². The molecule has 1 heterocycles. The summed E-state index contributed by atoms with van der Waals surface area (Å²) in [6.07, 6.45) is -0.120. The first-order chi connectivity index (χ1) is 6.70. The minimum Gasteiger partial charge on any atom is -0.454 e. The Morgan fingerprint density at radius 1 is 1.21 bits per heavy atom. The SMILES string of the molecule is CC1=C(c2ccccc2)C(C)OC1=O. The van der Waals surface area contributed by atoms with Crippen molar-refractivity contribution in [1.29, 1.82) is 0 Å². The number of hydrogen-bond donors (Lipinski definition) is 0. The van der Waals surface area contributed by atoms with Crippen molar-refractivity contribution in [2.75, 3.05) is 0 Å². The molecular weight excluding hydrogens is 176 g/mol. The first kappa shape index (κ1) is 9.00. The Labute approximate surface area is 83.2 Å². The molecule has 0 saturated carbocycles. The van der Waals surface area contributed by atoms with Crippen molar-refractivity contribution in [3.63, 3.8) is 0 Å². The molecule has 1 aromatic carbocycles. The highest BCUT2D eigenvalue weighted by Gasteiger charge is 2.28. The Balaban J connectivity index is 2.49. The minimum absolute atomic E-state index is 0.120. The second-order valence-corrected chi connectivity index (χ2v) is 3.45. The van der Waals surface area contributed by atoms with E-state index in [9.17, 15) is 4.79 Å². The van der Waals surface area contributed by atoms with Gasteiger partial charge in [0, 0.05) is 11.1 Å². The predicted octanol–water partition coefficient (Wildman–Crippen LogP) is 2.41. The monoisotopic (exact) mass is 188 g/mol. The standard InChI is InChI=1S/C12H12O2/c1-8-11(9(2)14-12(8)13)10-6-4-3-5-7-10/h3-7,9H,1-2H3. The van der Waals surface area contributed by atoms with Crippen molar-refractivity contribution >= 4 is 11.5 Å². The molecule has 1 atom stereocenters. The number of cyclic esters (lactones) is 1. The number of carbonyl (C=O) groups excluding carboxylic acids is 1. The average Bonchev–Trinajstić information content (AvgIpc) is 2.43. The summed E-state index contributed by atoms with van der Waals surface area (Å²) in [7, 11) is 0. The van der Waals surface area contributed by atoms with Crippen molar-refractivity contribution in [3.8, 4) is 0 Å². The maximum absolute atomic E-state index is 11.3. The zero-order chi connectivity index (χ0) is 10.1. The van der Waals surface area contributed by atoms with E-state index < -0.39 is 0 Å². The molecular formula is C12H12O2. The van der Waals surface area contributed by atoms with E-state index in [1.54, 1.807) is 0 Å². The summed E-state index contributed by atoms with van der Waals surface area (Å²) in [5.74, 6) is -0.198. The van der Waals surface area contributed by atoms with Crippen LogP contribution in [0.4, 0.5) is 0 Å². The van der Waals surface area contributed by atoms with Gasteiger partial charge in [0.2, 0.25) is 0 Å². The maximum atomic E-state index is 11.3. The minimum atomic E-state index is -0.198. The van der Waals surface area contributed by atoms with Crippen molar-refractivity contribution in [2.24, 2.45) is 0 Å². The van der Waals surface area contributed by atoms with Crippen molar-refractivity contribution in [2.45, 2.75) is 20.0 Å². The van der Waals surface area contributed by atoms with Gasteiger partial charge in [0.1, 0.15) is 6.10 Å². The average molecular weight is 188 g/mol. The van der Waals surface area contributed by atoms with E-state index >= 15 is 0 Å². The highest BCUT2D eigenvalue weighted by molar-refractivity contribution is 6.02. The molecule has 2 rings (SSSR count). The molecule has 1 aromatic rings. The van der Waals surface area contributed by atoms with Gasteiger partial charge in [0.15, 0.2) is 0 Å². The van der Waals surface area contributed by atoms with Crippen molar-refractivity contribution in [3.05, 3.63) is 41.5 Å². The number of ether oxygens (including phenoxy) is 1. The van der Waals surface area contributed by atoms with Crippen molar-refractivity contribution in [1.82, 2.24) is 0 Å².